The lowest BCUT2D eigenvalue weighted by Gasteiger charge is -2.06. The molecular weight excluding hydrogens is 308 g/mol. The zero-order valence-electron chi connectivity index (χ0n) is 13.1. The summed E-state index contributed by atoms with van der Waals surface area (Å²) >= 11 is 0. The van der Waals surface area contributed by atoms with Gasteiger partial charge in [0, 0.05) is 19.7 Å². The Kier molecular flexibility index (Phi) is 4.04. The number of carboxylic acid groups (broad SMARTS) is 1. The lowest BCUT2D eigenvalue weighted by Crippen LogP contribution is -1.98. The Hall–Kier alpha value is -3.15. The molecule has 3 rings (SSSR count). The molecule has 6 heteroatoms. The van der Waals surface area contributed by atoms with Crippen LogP contribution < -0.4 is 0 Å². The smallest absolute Gasteiger partial charge is 0.303 e. The van der Waals surface area contributed by atoms with Crippen molar-refractivity contribution in [2.24, 2.45) is 7.05 Å². The van der Waals surface area contributed by atoms with Gasteiger partial charge in [0.15, 0.2) is 0 Å². The SMILES string of the molecule is Cn1cc(CCC(=O)O)c2c([N+](=O)[O-])c(-c3ccccc3)ccc21. The van der Waals surface area contributed by atoms with E-state index in [-0.39, 0.29) is 23.5 Å². The van der Waals surface area contributed by atoms with Crippen LogP contribution in [0.15, 0.2) is 48.7 Å². The number of carboxylic acids is 1. The molecule has 1 heterocycles. The zero-order chi connectivity index (χ0) is 17.3. The molecular formula is C18H16N2O4. The van der Waals surface area contributed by atoms with Gasteiger partial charge in [-0.1, -0.05) is 30.3 Å². The van der Waals surface area contributed by atoms with Gasteiger partial charge in [-0.05, 0) is 29.7 Å². The maximum Gasteiger partial charge on any atom is 0.303 e. The Morgan fingerprint density at radius 2 is 1.92 bits per heavy atom. The Balaban J connectivity index is 2.28. The molecule has 1 N–H and O–H groups in total. The molecule has 0 aliphatic heterocycles. The van der Waals surface area contributed by atoms with Gasteiger partial charge in [-0.25, -0.2) is 0 Å². The van der Waals surface area contributed by atoms with Crippen LogP contribution in [-0.4, -0.2) is 20.6 Å². The quantitative estimate of drug-likeness (QED) is 0.572. The molecule has 6 nitrogen and oxygen atoms in total. The van der Waals surface area contributed by atoms with Crippen LogP contribution in [0.2, 0.25) is 0 Å². The summed E-state index contributed by atoms with van der Waals surface area (Å²) in [4.78, 5) is 22.3. The Morgan fingerprint density at radius 1 is 1.21 bits per heavy atom. The number of nitro groups is 1. The van der Waals surface area contributed by atoms with Crippen LogP contribution in [0, 0.1) is 10.1 Å². The number of benzene rings is 2. The molecule has 0 radical (unpaired) electrons. The maximum atomic E-state index is 11.8. The van der Waals surface area contributed by atoms with Crippen LogP contribution in [0.3, 0.4) is 0 Å². The number of fused-ring (bicyclic) bond motifs is 1. The summed E-state index contributed by atoms with van der Waals surface area (Å²) in [6.07, 6.45) is 1.97. The average molecular weight is 324 g/mol. The summed E-state index contributed by atoms with van der Waals surface area (Å²) in [5.74, 6) is -0.922. The summed E-state index contributed by atoms with van der Waals surface area (Å²) in [6.45, 7) is 0. The number of carbonyl (C=O) groups is 1. The number of aromatic nitrogens is 1. The molecule has 0 saturated heterocycles. The minimum Gasteiger partial charge on any atom is -0.481 e. The van der Waals surface area contributed by atoms with E-state index in [0.717, 1.165) is 11.1 Å². The molecule has 0 bridgehead atoms. The van der Waals surface area contributed by atoms with Gasteiger partial charge in [-0.3, -0.25) is 14.9 Å². The fourth-order valence-electron chi connectivity index (χ4n) is 3.03. The third-order valence-electron chi connectivity index (χ3n) is 4.08. The highest BCUT2D eigenvalue weighted by molar-refractivity contribution is 5.99. The topological polar surface area (TPSA) is 85.4 Å². The molecule has 3 aromatic rings. The van der Waals surface area contributed by atoms with Crippen LogP contribution in [-0.2, 0) is 18.3 Å². The normalized spacial score (nSPS) is 10.9. The van der Waals surface area contributed by atoms with Gasteiger partial charge in [-0.2, -0.15) is 0 Å². The fourth-order valence-corrected chi connectivity index (χ4v) is 3.03. The van der Waals surface area contributed by atoms with Crippen molar-refractivity contribution in [3.8, 4) is 11.1 Å². The Labute approximate surface area is 138 Å². The number of nitro benzene ring substituents is 1. The lowest BCUT2D eigenvalue weighted by atomic mass is 9.98. The summed E-state index contributed by atoms with van der Waals surface area (Å²) < 4.78 is 1.80. The Morgan fingerprint density at radius 3 is 2.54 bits per heavy atom. The summed E-state index contributed by atoms with van der Waals surface area (Å²) in [5, 5.41) is 21.2. The number of hydrogen-bond acceptors (Lipinski definition) is 3. The fraction of sp³-hybridized carbons (Fsp3) is 0.167. The van der Waals surface area contributed by atoms with E-state index < -0.39 is 5.97 Å². The van der Waals surface area contributed by atoms with Gasteiger partial charge in [0.05, 0.1) is 21.4 Å². The highest BCUT2D eigenvalue weighted by Crippen LogP contribution is 2.39. The lowest BCUT2D eigenvalue weighted by molar-refractivity contribution is -0.382. The molecule has 24 heavy (non-hydrogen) atoms. The van der Waals surface area contributed by atoms with Crippen molar-refractivity contribution >= 4 is 22.6 Å². The predicted molar refractivity (Wildman–Crippen MR) is 91.0 cm³/mol. The van der Waals surface area contributed by atoms with E-state index in [0.29, 0.717) is 16.5 Å². The number of aliphatic carboxylic acids is 1. The molecule has 122 valence electrons. The average Bonchev–Trinajstić information content (AvgIpc) is 2.89. The number of hydrogen-bond donors (Lipinski definition) is 1. The van der Waals surface area contributed by atoms with Gasteiger partial charge in [0.25, 0.3) is 5.69 Å². The van der Waals surface area contributed by atoms with Crippen molar-refractivity contribution < 1.29 is 14.8 Å². The number of aryl methyl sites for hydroxylation is 2. The van der Waals surface area contributed by atoms with E-state index in [9.17, 15) is 14.9 Å². The molecule has 1 aromatic heterocycles. The van der Waals surface area contributed by atoms with E-state index in [1.807, 2.05) is 36.4 Å². The largest absolute Gasteiger partial charge is 0.481 e. The van der Waals surface area contributed by atoms with Gasteiger partial charge in [0.1, 0.15) is 0 Å². The highest BCUT2D eigenvalue weighted by Gasteiger charge is 2.24. The minimum absolute atomic E-state index is 0.0275. The monoisotopic (exact) mass is 324 g/mol. The number of nitrogens with zero attached hydrogens (tertiary/aromatic N) is 2. The van der Waals surface area contributed by atoms with E-state index in [4.69, 9.17) is 5.11 Å². The minimum atomic E-state index is -0.922. The standard InChI is InChI=1S/C18H16N2O4/c1-19-11-13(7-10-16(21)22)17-15(19)9-8-14(18(17)20(23)24)12-5-3-2-4-6-12/h2-6,8-9,11H,7,10H2,1H3,(H,21,22). The van der Waals surface area contributed by atoms with Crippen molar-refractivity contribution in [2.75, 3.05) is 0 Å². The van der Waals surface area contributed by atoms with E-state index in [1.165, 1.54) is 0 Å². The van der Waals surface area contributed by atoms with E-state index in [2.05, 4.69) is 0 Å². The first kappa shape index (κ1) is 15.7. The molecule has 0 amide bonds. The first-order valence-corrected chi connectivity index (χ1v) is 7.51. The van der Waals surface area contributed by atoms with Gasteiger partial charge in [-0.15, -0.1) is 0 Å². The van der Waals surface area contributed by atoms with Crippen molar-refractivity contribution in [3.05, 3.63) is 64.3 Å². The van der Waals surface area contributed by atoms with E-state index >= 15 is 0 Å². The molecule has 0 aliphatic rings. The molecule has 0 fully saturated rings. The van der Waals surface area contributed by atoms with Crippen molar-refractivity contribution in [1.82, 2.24) is 4.57 Å². The third kappa shape index (κ3) is 2.74. The summed E-state index contributed by atoms with van der Waals surface area (Å²) in [6, 6.07) is 12.8. The molecule has 0 aliphatic carbocycles. The Bertz CT molecular complexity index is 929. The molecule has 0 unspecified atom stereocenters. The van der Waals surface area contributed by atoms with Gasteiger partial charge >= 0.3 is 5.97 Å². The first-order valence-electron chi connectivity index (χ1n) is 7.51. The summed E-state index contributed by atoms with van der Waals surface area (Å²) in [7, 11) is 1.80. The second kappa shape index (κ2) is 6.16. The van der Waals surface area contributed by atoms with Crippen molar-refractivity contribution in [1.29, 1.82) is 0 Å². The molecule has 0 atom stereocenters. The van der Waals surface area contributed by atoms with Crippen molar-refractivity contribution in [2.45, 2.75) is 12.8 Å². The first-order chi connectivity index (χ1) is 11.5. The predicted octanol–water partition coefficient (Wildman–Crippen LogP) is 3.77. The zero-order valence-corrected chi connectivity index (χ0v) is 13.1. The maximum absolute atomic E-state index is 11.8. The van der Waals surface area contributed by atoms with Crippen LogP contribution in [0.1, 0.15) is 12.0 Å². The van der Waals surface area contributed by atoms with Crippen LogP contribution in [0.4, 0.5) is 5.69 Å². The van der Waals surface area contributed by atoms with Crippen LogP contribution >= 0.6 is 0 Å². The molecule has 0 saturated carbocycles. The second-order valence-electron chi connectivity index (χ2n) is 5.64. The highest BCUT2D eigenvalue weighted by atomic mass is 16.6. The van der Waals surface area contributed by atoms with Gasteiger partial charge < -0.3 is 9.67 Å². The van der Waals surface area contributed by atoms with Crippen LogP contribution in [0.5, 0.6) is 0 Å². The van der Waals surface area contributed by atoms with Gasteiger partial charge in [0.2, 0.25) is 0 Å². The molecule has 0 spiro atoms. The second-order valence-corrected chi connectivity index (χ2v) is 5.64. The third-order valence-corrected chi connectivity index (χ3v) is 4.08. The number of rotatable bonds is 5. The van der Waals surface area contributed by atoms with E-state index in [1.54, 1.807) is 23.9 Å². The molecule has 2 aromatic carbocycles. The van der Waals surface area contributed by atoms with Crippen molar-refractivity contribution in [3.63, 3.8) is 0 Å². The van der Waals surface area contributed by atoms with Crippen LogP contribution in [0.25, 0.3) is 22.0 Å². The summed E-state index contributed by atoms with van der Waals surface area (Å²) in [5.41, 5.74) is 2.73.